The highest BCUT2D eigenvalue weighted by atomic mass is 32.3. The normalized spacial score (nSPS) is 19.9. The second-order valence-electron chi connectivity index (χ2n) is 10.9. The summed E-state index contributed by atoms with van der Waals surface area (Å²) >= 11 is 0. The zero-order chi connectivity index (χ0) is 29.8. The first kappa shape index (κ1) is 31.0. The van der Waals surface area contributed by atoms with Crippen LogP contribution in [0.5, 0.6) is 0 Å². The van der Waals surface area contributed by atoms with Gasteiger partial charge in [0.25, 0.3) is 11.8 Å². The summed E-state index contributed by atoms with van der Waals surface area (Å²) < 4.78 is 62.7. The van der Waals surface area contributed by atoms with Gasteiger partial charge in [0.05, 0.1) is 29.9 Å². The molecule has 2 aliphatic heterocycles. The summed E-state index contributed by atoms with van der Waals surface area (Å²) in [5.41, 5.74) is 1.77. The molecule has 0 aliphatic carbocycles. The number of amides is 2. The molecule has 41 heavy (non-hydrogen) atoms. The lowest BCUT2D eigenvalue weighted by Crippen LogP contribution is -2.45. The Balaban J connectivity index is 1.37. The smallest absolute Gasteiger partial charge is 0.302 e. The van der Waals surface area contributed by atoms with Crippen LogP contribution < -0.4 is 10.2 Å². The zero-order valence-corrected chi connectivity index (χ0v) is 24.2. The second-order valence-corrected chi connectivity index (χ2v) is 12.4. The number of likely N-dealkylation sites (tertiary alicyclic amines) is 1. The van der Waals surface area contributed by atoms with Crippen LogP contribution in [0.15, 0.2) is 30.5 Å². The molecule has 3 heterocycles. The van der Waals surface area contributed by atoms with Crippen LogP contribution in [-0.4, -0.2) is 124 Å². The number of halogens is 3. The van der Waals surface area contributed by atoms with Gasteiger partial charge < -0.3 is 24.9 Å². The average molecular weight is 599 g/mol. The molecule has 2 fully saturated rings. The van der Waals surface area contributed by atoms with Gasteiger partial charge in [0.2, 0.25) is 5.91 Å². The Bertz CT molecular complexity index is 1350. The predicted molar refractivity (Wildman–Crippen MR) is 150 cm³/mol. The van der Waals surface area contributed by atoms with Crippen molar-refractivity contribution in [1.82, 2.24) is 25.0 Å². The largest absolute Gasteiger partial charge is 0.375 e. The van der Waals surface area contributed by atoms with Crippen LogP contribution in [0.3, 0.4) is 0 Å². The SMILES string of the molecule is CN1CCN(CCCN(C)c2ccc3nccc(C(=O)NCC(=O)N4CC(F)(F)CC4CCS(=O)(=O)F)c3c2)CC1. The van der Waals surface area contributed by atoms with Crippen LogP contribution in [0.25, 0.3) is 10.9 Å². The summed E-state index contributed by atoms with van der Waals surface area (Å²) in [5.74, 6) is -5.55. The van der Waals surface area contributed by atoms with Crippen LogP contribution in [0.2, 0.25) is 0 Å². The summed E-state index contributed by atoms with van der Waals surface area (Å²) in [7, 11) is -0.758. The molecule has 0 radical (unpaired) electrons. The maximum atomic E-state index is 14.0. The third-order valence-corrected chi connectivity index (χ3v) is 8.49. The summed E-state index contributed by atoms with van der Waals surface area (Å²) in [6, 6.07) is 6.00. The standard InChI is InChI=1S/C27H37F3N6O4S/c1-33-11-13-35(14-12-33)10-3-9-34(2)20-4-5-24-23(16-20)22(6-8-31-24)26(38)32-18-25(37)36-19-27(28,29)17-21(36)7-15-41(30,39)40/h4-6,8,16,21H,3,7,9-15,17-19H2,1-2H3,(H,32,38). The molecule has 2 amide bonds. The number of carbonyl (C=O) groups excluding carboxylic acids is 2. The van der Waals surface area contributed by atoms with E-state index in [9.17, 15) is 30.7 Å². The number of hydrogen-bond donors (Lipinski definition) is 1. The zero-order valence-electron chi connectivity index (χ0n) is 23.4. The maximum absolute atomic E-state index is 14.0. The van der Waals surface area contributed by atoms with Crippen molar-refractivity contribution in [3.63, 3.8) is 0 Å². The Kier molecular flexibility index (Phi) is 9.75. The Hall–Kier alpha value is -2.97. The van der Waals surface area contributed by atoms with Crippen LogP contribution >= 0.6 is 0 Å². The second kappa shape index (κ2) is 12.9. The number of nitrogens with zero attached hydrogens (tertiary/aromatic N) is 5. The molecule has 0 saturated carbocycles. The summed E-state index contributed by atoms with van der Waals surface area (Å²) in [6.45, 7) is 4.59. The number of fused-ring (bicyclic) bond motifs is 1. The maximum Gasteiger partial charge on any atom is 0.302 e. The van der Waals surface area contributed by atoms with E-state index in [0.29, 0.717) is 10.9 Å². The van der Waals surface area contributed by atoms with Crippen molar-refractivity contribution >= 4 is 38.6 Å². The highest BCUT2D eigenvalue weighted by molar-refractivity contribution is 7.86. The van der Waals surface area contributed by atoms with E-state index in [1.165, 1.54) is 12.3 Å². The first-order valence-corrected chi connectivity index (χ1v) is 15.3. The predicted octanol–water partition coefficient (Wildman–Crippen LogP) is 1.96. The van der Waals surface area contributed by atoms with Gasteiger partial charge in [0.1, 0.15) is 0 Å². The lowest BCUT2D eigenvalue weighted by Gasteiger charge is -2.32. The number of piperazine rings is 1. The van der Waals surface area contributed by atoms with E-state index >= 15 is 0 Å². The number of benzene rings is 1. The molecule has 4 rings (SSSR count). The van der Waals surface area contributed by atoms with Crippen LogP contribution in [0.4, 0.5) is 18.4 Å². The number of anilines is 1. The summed E-state index contributed by atoms with van der Waals surface area (Å²) in [4.78, 5) is 37.9. The number of nitrogens with one attached hydrogen (secondary N) is 1. The molecule has 1 aromatic heterocycles. The van der Waals surface area contributed by atoms with Crippen molar-refractivity contribution < 1.29 is 30.7 Å². The average Bonchev–Trinajstić information content (AvgIpc) is 3.24. The number of carbonyl (C=O) groups is 2. The number of pyridine rings is 1. The number of alkyl halides is 2. The van der Waals surface area contributed by atoms with Gasteiger partial charge in [0, 0.05) is 69.5 Å². The lowest BCUT2D eigenvalue weighted by molar-refractivity contribution is -0.132. The Labute approximate surface area is 238 Å². The van der Waals surface area contributed by atoms with Gasteiger partial charge in [0.15, 0.2) is 0 Å². The summed E-state index contributed by atoms with van der Waals surface area (Å²) in [6.07, 6.45) is 1.25. The van der Waals surface area contributed by atoms with Gasteiger partial charge >= 0.3 is 10.2 Å². The van der Waals surface area contributed by atoms with Crippen molar-refractivity contribution in [2.75, 3.05) is 77.1 Å². The van der Waals surface area contributed by atoms with E-state index in [4.69, 9.17) is 0 Å². The van der Waals surface area contributed by atoms with E-state index in [1.807, 2.05) is 25.2 Å². The van der Waals surface area contributed by atoms with Crippen molar-refractivity contribution in [2.45, 2.75) is 31.2 Å². The molecule has 14 heteroatoms. The molecule has 2 aromatic rings. The Morgan fingerprint density at radius 1 is 1.17 bits per heavy atom. The molecule has 2 saturated heterocycles. The monoisotopic (exact) mass is 598 g/mol. The first-order valence-electron chi connectivity index (χ1n) is 13.7. The Morgan fingerprint density at radius 3 is 2.61 bits per heavy atom. The van der Waals surface area contributed by atoms with Crippen LogP contribution in [0, 0.1) is 0 Å². The molecular formula is C27H37F3N6O4S. The molecule has 1 N–H and O–H groups in total. The van der Waals surface area contributed by atoms with Gasteiger partial charge in [-0.25, -0.2) is 8.78 Å². The highest BCUT2D eigenvalue weighted by Gasteiger charge is 2.46. The molecule has 1 atom stereocenters. The molecule has 0 spiro atoms. The minimum Gasteiger partial charge on any atom is -0.375 e. The Morgan fingerprint density at radius 2 is 1.90 bits per heavy atom. The molecule has 10 nitrogen and oxygen atoms in total. The molecular weight excluding hydrogens is 561 g/mol. The minimum absolute atomic E-state index is 0.280. The van der Waals surface area contributed by atoms with Crippen LogP contribution in [0.1, 0.15) is 29.6 Å². The topological polar surface area (TPSA) is 106 Å². The highest BCUT2D eigenvalue weighted by Crippen LogP contribution is 2.34. The molecule has 226 valence electrons. The van der Waals surface area contributed by atoms with E-state index in [2.05, 4.69) is 32.0 Å². The van der Waals surface area contributed by atoms with Gasteiger partial charge in [-0.15, -0.1) is 3.89 Å². The van der Waals surface area contributed by atoms with E-state index < -0.39 is 65.7 Å². The van der Waals surface area contributed by atoms with Crippen molar-refractivity contribution in [3.05, 3.63) is 36.0 Å². The minimum atomic E-state index is -4.87. The quantitative estimate of drug-likeness (QED) is 0.392. The summed E-state index contributed by atoms with van der Waals surface area (Å²) in [5, 5.41) is 3.08. The van der Waals surface area contributed by atoms with Gasteiger partial charge in [-0.1, -0.05) is 0 Å². The lowest BCUT2D eigenvalue weighted by atomic mass is 10.1. The third-order valence-electron chi connectivity index (χ3n) is 7.77. The van der Waals surface area contributed by atoms with Crippen molar-refractivity contribution in [3.8, 4) is 0 Å². The van der Waals surface area contributed by atoms with E-state index in [-0.39, 0.29) is 5.56 Å². The number of hydrogen-bond acceptors (Lipinski definition) is 8. The fourth-order valence-electron chi connectivity index (χ4n) is 5.38. The first-order chi connectivity index (χ1) is 19.3. The van der Waals surface area contributed by atoms with E-state index in [1.54, 1.807) is 0 Å². The van der Waals surface area contributed by atoms with E-state index in [0.717, 1.165) is 56.3 Å². The third kappa shape index (κ3) is 8.52. The fourth-order valence-corrected chi connectivity index (χ4v) is 5.93. The van der Waals surface area contributed by atoms with Gasteiger partial charge in [-0.2, -0.15) is 8.42 Å². The molecule has 2 aliphatic rings. The fraction of sp³-hybridized carbons (Fsp3) is 0.593. The van der Waals surface area contributed by atoms with Crippen molar-refractivity contribution in [1.29, 1.82) is 0 Å². The molecule has 1 aromatic carbocycles. The molecule has 1 unspecified atom stereocenters. The molecule has 0 bridgehead atoms. The van der Waals surface area contributed by atoms with Crippen LogP contribution in [-0.2, 0) is 15.0 Å². The van der Waals surface area contributed by atoms with Gasteiger partial charge in [-0.05, 0) is 50.7 Å². The van der Waals surface area contributed by atoms with Crippen molar-refractivity contribution in [2.24, 2.45) is 0 Å². The number of aromatic nitrogens is 1. The number of rotatable bonds is 11. The van der Waals surface area contributed by atoms with Gasteiger partial charge in [-0.3, -0.25) is 14.6 Å². The number of likely N-dealkylation sites (N-methyl/N-ethyl adjacent to an activating group) is 1.